The Kier molecular flexibility index (Phi) is 5.05. The van der Waals surface area contributed by atoms with Crippen molar-refractivity contribution in [1.29, 1.82) is 0 Å². The van der Waals surface area contributed by atoms with E-state index in [1.807, 2.05) is 24.3 Å². The van der Waals surface area contributed by atoms with Crippen molar-refractivity contribution in [3.05, 3.63) is 42.3 Å². The van der Waals surface area contributed by atoms with Crippen molar-refractivity contribution >= 4 is 36.8 Å². The summed E-state index contributed by atoms with van der Waals surface area (Å²) in [5.41, 5.74) is 8.76. The van der Waals surface area contributed by atoms with Crippen molar-refractivity contribution in [3.63, 3.8) is 0 Å². The predicted octanol–water partition coefficient (Wildman–Crippen LogP) is 4.30. The molecule has 0 saturated carbocycles. The number of pyridine rings is 1. The van der Waals surface area contributed by atoms with Gasteiger partial charge >= 0.3 is 33.3 Å². The molecular weight excluding hydrogens is 271 g/mol. The van der Waals surface area contributed by atoms with Gasteiger partial charge in [0.25, 0.3) is 0 Å². The maximum absolute atomic E-state index is 7.50. The van der Waals surface area contributed by atoms with Crippen LogP contribution in [0.2, 0.25) is 0 Å². The topological polar surface area (TPSA) is 36.7 Å². The zero-order valence-corrected chi connectivity index (χ0v) is 9.42. The number of benzene rings is 1. The Balaban J connectivity index is 0.000000293. The summed E-state index contributed by atoms with van der Waals surface area (Å²) in [6, 6.07) is 9.41. The first-order valence-electron chi connectivity index (χ1n) is 3.66. The predicted molar refractivity (Wildman–Crippen MR) is 57.4 cm³/mol. The molecule has 2 aromatic rings. The fraction of sp³-hybridized carbons (Fsp3) is 0. The zero-order valence-electron chi connectivity index (χ0n) is 6.97. The molecule has 0 atom stereocenters. The molecule has 14 heavy (non-hydrogen) atoms. The second-order valence-corrected chi connectivity index (χ2v) is 3.98. The largest absolute Gasteiger partial charge is 0.697 e. The quantitative estimate of drug-likeness (QED) is 0.662. The molecule has 2 rings (SSSR count). The van der Waals surface area contributed by atoms with Gasteiger partial charge in [0.05, 0.1) is 5.52 Å². The van der Waals surface area contributed by atoms with Crippen LogP contribution in [0.1, 0.15) is 0 Å². The summed E-state index contributed by atoms with van der Waals surface area (Å²) < 4.78 is 0. The Labute approximate surface area is 97.0 Å². The van der Waals surface area contributed by atoms with Gasteiger partial charge in [0.2, 0.25) is 0 Å². The van der Waals surface area contributed by atoms with Crippen LogP contribution in [0.15, 0.2) is 36.5 Å². The molecule has 0 saturated heterocycles. The number of fused-ring (bicyclic) bond motifs is 1. The third-order valence-corrected chi connectivity index (χ3v) is 1.63. The molecule has 0 aliphatic heterocycles. The molecule has 0 aliphatic rings. The number of aromatic nitrogens is 1. The van der Waals surface area contributed by atoms with Crippen molar-refractivity contribution in [2.45, 2.75) is 0 Å². The van der Waals surface area contributed by atoms with Crippen LogP contribution in [-0.4, -0.2) is 4.98 Å². The van der Waals surface area contributed by atoms with E-state index in [1.54, 1.807) is 12.3 Å². The first-order valence-corrected chi connectivity index (χ1v) is 6.25. The summed E-state index contributed by atoms with van der Waals surface area (Å²) in [4.78, 5) is 4.09. The van der Waals surface area contributed by atoms with Gasteiger partial charge in [-0.2, -0.15) is 0 Å². The van der Waals surface area contributed by atoms with Crippen LogP contribution in [0, 0.1) is 0 Å². The summed E-state index contributed by atoms with van der Waals surface area (Å²) in [6.07, 6.45) is 1.71. The first kappa shape index (κ1) is 11.6. The molecule has 0 radical (unpaired) electrons. The number of hydrogen-bond donors (Lipinski definition) is 0. The molecule has 0 unspecified atom stereocenters. The van der Waals surface area contributed by atoms with Gasteiger partial charge in [0.1, 0.15) is 0 Å². The van der Waals surface area contributed by atoms with Gasteiger partial charge in [-0.15, -0.1) is 5.69 Å². The van der Waals surface area contributed by atoms with Gasteiger partial charge in [0, 0.05) is 6.20 Å². The number of para-hydroxylation sites is 1. The molecule has 0 bridgehead atoms. The molecule has 0 fully saturated rings. The van der Waals surface area contributed by atoms with Crippen molar-refractivity contribution in [2.75, 3.05) is 0 Å². The van der Waals surface area contributed by atoms with Gasteiger partial charge in [-0.3, -0.25) is 4.98 Å². The minimum atomic E-state index is 0.489. The van der Waals surface area contributed by atoms with Crippen molar-refractivity contribution in [3.8, 4) is 0 Å². The Morgan fingerprint density at radius 3 is 2.43 bits per heavy atom. The molecule has 5 heteroatoms. The molecule has 0 spiro atoms. The van der Waals surface area contributed by atoms with E-state index in [0.717, 1.165) is 24.0 Å². The fourth-order valence-electron chi connectivity index (χ4n) is 1.10. The number of hydrogen-bond acceptors (Lipinski definition) is 1. The Bertz CT molecular complexity index is 403. The molecule has 79 valence electrons. The number of nitrogens with one attached hydrogen (secondary N) is 1. The summed E-state index contributed by atoms with van der Waals surface area (Å²) in [6.45, 7) is 0. The van der Waals surface area contributed by atoms with Crippen LogP contribution >= 0.6 is 20.2 Å². The van der Waals surface area contributed by atoms with Gasteiger partial charge in [-0.05, 0) is 11.5 Å². The molecule has 0 aliphatic carbocycles. The third kappa shape index (κ3) is 3.03. The van der Waals surface area contributed by atoms with Gasteiger partial charge in [-0.25, -0.2) is 0 Å². The zero-order chi connectivity index (χ0) is 10.4. The first-order chi connectivity index (χ1) is 6.79. The molecule has 2 nitrogen and oxygen atoms in total. The van der Waals surface area contributed by atoms with E-state index in [-0.39, 0.29) is 0 Å². The van der Waals surface area contributed by atoms with Gasteiger partial charge in [-0.1, -0.05) is 24.3 Å². The fourth-order valence-corrected chi connectivity index (χ4v) is 1.10. The van der Waals surface area contributed by atoms with E-state index < -0.39 is 0 Å². The van der Waals surface area contributed by atoms with Crippen molar-refractivity contribution in [1.82, 2.24) is 4.98 Å². The van der Waals surface area contributed by atoms with Crippen LogP contribution in [0.25, 0.3) is 16.6 Å². The second-order valence-electron chi connectivity index (χ2n) is 2.42. The molecule has 1 aromatic heterocycles. The average Bonchev–Trinajstić information content (AvgIpc) is 2.20. The molecule has 1 N–H and O–H groups in total. The van der Waals surface area contributed by atoms with E-state index in [0.29, 0.717) is 5.69 Å². The van der Waals surface area contributed by atoms with E-state index in [4.69, 9.17) is 5.73 Å². The van der Waals surface area contributed by atoms with E-state index in [9.17, 15) is 0 Å². The Morgan fingerprint density at radius 1 is 1.14 bits per heavy atom. The summed E-state index contributed by atoms with van der Waals surface area (Å²) in [7, 11) is 9.34. The van der Waals surface area contributed by atoms with Crippen LogP contribution < -0.4 is 0 Å². The third-order valence-electron chi connectivity index (χ3n) is 1.63. The number of halogens is 2. The van der Waals surface area contributed by atoms with Crippen LogP contribution in [0.4, 0.5) is 5.69 Å². The summed E-state index contributed by atoms with van der Waals surface area (Å²) in [5.74, 6) is 0. The summed E-state index contributed by atoms with van der Waals surface area (Å²) >= 11 is 0.757. The molecule has 1 heterocycles. The van der Waals surface area contributed by atoms with Gasteiger partial charge < -0.3 is 5.73 Å². The Morgan fingerprint density at radius 2 is 1.79 bits per heavy atom. The van der Waals surface area contributed by atoms with E-state index in [1.165, 1.54) is 0 Å². The van der Waals surface area contributed by atoms with E-state index in [2.05, 4.69) is 25.2 Å². The number of nitrogens with zero attached hydrogens (tertiary/aromatic N) is 1. The standard InChI is InChI=1S/C9H7N2.2ClH.Cu/c10-8-5-1-3-7-4-2-6-11-9(7)8;;;/h1-6,10H;2*1H;/q-1;;;+2/p-2. The minimum Gasteiger partial charge on any atom is -0.697 e. The van der Waals surface area contributed by atoms with Gasteiger partial charge in [0.15, 0.2) is 0 Å². The van der Waals surface area contributed by atoms with Crippen molar-refractivity contribution in [2.24, 2.45) is 0 Å². The molecule has 0 amide bonds. The molecule has 1 aromatic carbocycles. The van der Waals surface area contributed by atoms with Crippen LogP contribution in [0.3, 0.4) is 0 Å². The average molecular weight is 278 g/mol. The maximum Gasteiger partial charge on any atom is 0.0551 e. The Hall–Kier alpha value is -0.471. The van der Waals surface area contributed by atoms with E-state index >= 15 is 0 Å². The SMILES string of the molecule is [Cl][Cu][Cl].[NH-]c1cccc2cccnc12. The number of rotatable bonds is 0. The maximum atomic E-state index is 7.50. The normalized spacial score (nSPS) is 9.57. The van der Waals surface area contributed by atoms with Crippen LogP contribution in [0.5, 0.6) is 0 Å². The monoisotopic (exact) mass is 276 g/mol. The molecular formula is C9H7Cl2CuN2-. The summed E-state index contributed by atoms with van der Waals surface area (Å²) in [5, 5.41) is 1.03. The smallest absolute Gasteiger partial charge is 0.0551 e. The van der Waals surface area contributed by atoms with Crippen molar-refractivity contribution < 1.29 is 13.1 Å². The second kappa shape index (κ2) is 6.10. The minimum absolute atomic E-state index is 0.489. The van der Waals surface area contributed by atoms with Crippen LogP contribution in [-0.2, 0) is 13.1 Å².